The standard InChI is InChI=1S/C11H17N3O4S.C8H10N2O3.C8H9NO5S.C3H7NOS.CH5N.CH4O/c1-3-13-8(15)5-14-10(17)4-7(11(14)18)19-6-9(16)12-2;1-2-9-6(11)5-10-7(12)3-4-8(10)13;1-5(10)15-4-8(13)14-9-6(11)2-3-7(9)12;1-4-3(5)2-6;2*1-2/h7H,3-6H2,1-2H3,(H,12,16)(H,13,15);3-4H,2,5H2,1H3,(H,9,11);2-4H2,1H3;6H,2H2,1H3,(H,4,5);2H2,1H3;2H,1H3. The number of carbonyl (C=O) groups is 12. The summed E-state index contributed by atoms with van der Waals surface area (Å²) in [5.41, 5.74) is 4.50. The van der Waals surface area contributed by atoms with Gasteiger partial charge in [0.2, 0.25) is 35.4 Å². The Morgan fingerprint density at radius 1 is 0.772 bits per heavy atom. The predicted molar refractivity (Wildman–Crippen MR) is 211 cm³/mol. The van der Waals surface area contributed by atoms with Crippen LogP contribution in [-0.4, -0.2) is 167 Å². The van der Waals surface area contributed by atoms with Crippen molar-refractivity contribution in [3.05, 3.63) is 12.2 Å². The summed E-state index contributed by atoms with van der Waals surface area (Å²) >= 11 is 5.56. The van der Waals surface area contributed by atoms with E-state index in [0.717, 1.165) is 52.6 Å². The maximum absolute atomic E-state index is 11.9. The third-order valence-electron chi connectivity index (χ3n) is 6.16. The second-order valence-corrected chi connectivity index (χ2v) is 12.8. The smallest absolute Gasteiger partial charge is 0.343 e. The number of aliphatic hydroxyl groups is 1. The van der Waals surface area contributed by atoms with Crippen LogP contribution >= 0.6 is 36.2 Å². The number of hydrogen-bond acceptors (Lipinski definition) is 18. The second-order valence-electron chi connectivity index (χ2n) is 10.2. The van der Waals surface area contributed by atoms with Crippen molar-refractivity contribution in [3.63, 3.8) is 0 Å². The summed E-state index contributed by atoms with van der Waals surface area (Å²) in [5.74, 6) is -4.21. The van der Waals surface area contributed by atoms with Gasteiger partial charge >= 0.3 is 5.97 Å². The predicted octanol–water partition coefficient (Wildman–Crippen LogP) is -3.50. The molecule has 3 aliphatic heterocycles. The average Bonchev–Trinajstić information content (AvgIpc) is 3.79. The molecule has 57 heavy (non-hydrogen) atoms. The number of hydroxylamine groups is 2. The van der Waals surface area contributed by atoms with Gasteiger partial charge in [-0.05, 0) is 20.9 Å². The molecule has 322 valence electrons. The number of thioether (sulfide) groups is 2. The first-order valence-corrected chi connectivity index (χ1v) is 19.4. The molecule has 2 saturated heterocycles. The fourth-order valence-electron chi connectivity index (χ4n) is 3.60. The number of nitrogens with one attached hydrogen (secondary N) is 4. The van der Waals surface area contributed by atoms with Crippen molar-refractivity contribution in [3.8, 4) is 0 Å². The topological polar surface area (TPSA) is 318 Å². The number of nitrogens with zero attached hydrogens (tertiary/aromatic N) is 3. The Morgan fingerprint density at radius 3 is 1.61 bits per heavy atom. The number of nitrogens with two attached hydrogens (primary N) is 1. The Hall–Kier alpha value is -4.85. The first-order chi connectivity index (χ1) is 26.9. The van der Waals surface area contributed by atoms with Crippen LogP contribution in [0.3, 0.4) is 0 Å². The summed E-state index contributed by atoms with van der Waals surface area (Å²) < 4.78 is 0. The third kappa shape index (κ3) is 24.4. The number of rotatable bonds is 13. The molecule has 0 aromatic carbocycles. The molecule has 7 N–H and O–H groups in total. The molecule has 22 nitrogen and oxygen atoms in total. The van der Waals surface area contributed by atoms with E-state index in [9.17, 15) is 57.5 Å². The number of likely N-dealkylation sites (N-methyl/N-ethyl adjacent to an activating group) is 2. The fourth-order valence-corrected chi connectivity index (χ4v) is 5.16. The molecule has 0 aromatic rings. The minimum absolute atomic E-state index is 0.0416. The van der Waals surface area contributed by atoms with Crippen molar-refractivity contribution in [1.29, 1.82) is 0 Å². The zero-order chi connectivity index (χ0) is 44.7. The van der Waals surface area contributed by atoms with E-state index >= 15 is 0 Å². The lowest BCUT2D eigenvalue weighted by atomic mass is 10.4. The molecule has 0 radical (unpaired) electrons. The minimum Gasteiger partial charge on any atom is -0.400 e. The number of hydrogen-bond donors (Lipinski definition) is 7. The van der Waals surface area contributed by atoms with E-state index in [4.69, 9.17) is 5.11 Å². The van der Waals surface area contributed by atoms with E-state index in [-0.39, 0.29) is 84.3 Å². The molecular weight excluding hydrogens is 817 g/mol. The highest BCUT2D eigenvalue weighted by Crippen LogP contribution is 2.24. The maximum atomic E-state index is 11.9. The fraction of sp³-hybridized carbons (Fsp3) is 0.562. The van der Waals surface area contributed by atoms with Gasteiger partial charge in [0, 0.05) is 72.6 Å². The molecule has 0 aliphatic carbocycles. The molecule has 3 rings (SSSR count). The van der Waals surface area contributed by atoms with Crippen molar-refractivity contribution in [2.24, 2.45) is 5.73 Å². The lowest BCUT2D eigenvalue weighted by Gasteiger charge is -2.14. The van der Waals surface area contributed by atoms with Gasteiger partial charge in [-0.25, -0.2) is 4.79 Å². The van der Waals surface area contributed by atoms with Crippen LogP contribution in [0.1, 0.15) is 40.0 Å². The molecule has 3 aliphatic rings. The maximum Gasteiger partial charge on any atom is 0.343 e. The number of amides is 10. The molecule has 1 atom stereocenters. The zero-order valence-electron chi connectivity index (χ0n) is 32.7. The Morgan fingerprint density at radius 2 is 1.23 bits per heavy atom. The van der Waals surface area contributed by atoms with Crippen LogP contribution in [0.15, 0.2) is 12.2 Å². The molecule has 0 bridgehead atoms. The number of carbonyl (C=O) groups excluding carboxylic acids is 12. The van der Waals surface area contributed by atoms with E-state index in [1.807, 2.05) is 0 Å². The number of thiol groups is 1. The van der Waals surface area contributed by atoms with Gasteiger partial charge in [0.25, 0.3) is 23.6 Å². The minimum atomic E-state index is -0.779. The Bertz CT molecular complexity index is 1420. The average molecular weight is 869 g/mol. The van der Waals surface area contributed by atoms with E-state index in [0.29, 0.717) is 18.2 Å². The molecule has 10 amide bonds. The van der Waals surface area contributed by atoms with Crippen molar-refractivity contribution in [2.75, 3.05) is 71.7 Å². The Balaban J connectivity index is -0.000000695. The molecule has 0 saturated carbocycles. The second kappa shape index (κ2) is 33.3. The van der Waals surface area contributed by atoms with Gasteiger partial charge < -0.3 is 36.9 Å². The summed E-state index contributed by atoms with van der Waals surface area (Å²) in [6, 6.07) is 0. The van der Waals surface area contributed by atoms with Crippen molar-refractivity contribution >= 4 is 106 Å². The third-order valence-corrected chi connectivity index (χ3v) is 8.44. The number of likely N-dealkylation sites (tertiary alicyclic amines) is 1. The molecule has 25 heteroatoms. The summed E-state index contributed by atoms with van der Waals surface area (Å²) in [4.78, 5) is 139. The molecule has 0 spiro atoms. The normalized spacial score (nSPS) is 14.8. The lowest BCUT2D eigenvalue weighted by Crippen LogP contribution is -2.41. The Kier molecular flexibility index (Phi) is 33.0. The van der Waals surface area contributed by atoms with E-state index in [1.165, 1.54) is 21.0 Å². The highest BCUT2D eigenvalue weighted by Gasteiger charge is 2.40. The monoisotopic (exact) mass is 868 g/mol. The molecule has 2 fully saturated rings. The van der Waals surface area contributed by atoms with E-state index in [2.05, 4.69) is 44.5 Å². The van der Waals surface area contributed by atoms with Crippen LogP contribution in [0.2, 0.25) is 0 Å². The molecule has 1 unspecified atom stereocenters. The van der Waals surface area contributed by atoms with Gasteiger partial charge in [0.15, 0.2) is 5.12 Å². The highest BCUT2D eigenvalue weighted by molar-refractivity contribution is 8.14. The molecular formula is C32H52N8O14S3. The first kappa shape index (κ1) is 56.5. The molecule has 0 aromatic heterocycles. The largest absolute Gasteiger partial charge is 0.400 e. The SMILES string of the molecule is CC(=O)SCC(=O)ON1C(=O)CCC1=O.CCNC(=O)CN1C(=O)C=CC1=O.CCNC(=O)CN1C(=O)CC(SCC(=O)NC)C1=O.CN.CNC(=O)CS.CO. The van der Waals surface area contributed by atoms with Gasteiger partial charge in [-0.1, -0.05) is 11.8 Å². The highest BCUT2D eigenvalue weighted by atomic mass is 32.2. The zero-order valence-corrected chi connectivity index (χ0v) is 35.3. The van der Waals surface area contributed by atoms with Gasteiger partial charge in [0.1, 0.15) is 18.8 Å². The van der Waals surface area contributed by atoms with E-state index < -0.39 is 40.8 Å². The number of imide groups is 3. The lowest BCUT2D eigenvalue weighted by molar-refractivity contribution is -0.195. The summed E-state index contributed by atoms with van der Waals surface area (Å²) in [6.45, 7) is 5.33. The van der Waals surface area contributed by atoms with Crippen LogP contribution in [0.5, 0.6) is 0 Å². The Labute approximate surface area is 343 Å². The first-order valence-electron chi connectivity index (χ1n) is 16.7. The van der Waals surface area contributed by atoms with Crippen LogP contribution in [-0.2, 0) is 62.4 Å². The van der Waals surface area contributed by atoms with Gasteiger partial charge in [-0.3, -0.25) is 62.5 Å². The van der Waals surface area contributed by atoms with Gasteiger partial charge in [-0.2, -0.15) is 12.6 Å². The van der Waals surface area contributed by atoms with Crippen LogP contribution in [0.4, 0.5) is 0 Å². The summed E-state index contributed by atoms with van der Waals surface area (Å²) in [5, 5.41) is 16.5. The van der Waals surface area contributed by atoms with Gasteiger partial charge in [0.05, 0.1) is 16.8 Å². The van der Waals surface area contributed by atoms with Crippen LogP contribution < -0.4 is 27.0 Å². The van der Waals surface area contributed by atoms with Crippen LogP contribution in [0.25, 0.3) is 0 Å². The quantitative estimate of drug-likeness (QED) is 0.0698. The van der Waals surface area contributed by atoms with Crippen LogP contribution in [0, 0.1) is 0 Å². The van der Waals surface area contributed by atoms with Crippen molar-refractivity contribution in [1.82, 2.24) is 36.1 Å². The summed E-state index contributed by atoms with van der Waals surface area (Å²) in [6.07, 6.45) is 2.47. The van der Waals surface area contributed by atoms with Gasteiger partial charge in [-0.15, -0.1) is 16.8 Å². The molecule has 3 heterocycles. The van der Waals surface area contributed by atoms with E-state index in [1.54, 1.807) is 20.9 Å². The number of aliphatic hydroxyl groups excluding tert-OH is 1. The van der Waals surface area contributed by atoms with Crippen molar-refractivity contribution < 1.29 is 67.5 Å². The van der Waals surface area contributed by atoms with Crippen molar-refractivity contribution in [2.45, 2.75) is 45.3 Å². The summed E-state index contributed by atoms with van der Waals surface area (Å²) in [7, 11) is 5.59.